The number of amides is 3. The Morgan fingerprint density at radius 2 is 1.97 bits per heavy atom. The van der Waals surface area contributed by atoms with Crippen LogP contribution < -0.4 is 10.6 Å². The Morgan fingerprint density at radius 1 is 1.28 bits per heavy atom. The van der Waals surface area contributed by atoms with E-state index in [1.807, 2.05) is 52.0 Å². The molecule has 2 fully saturated rings. The van der Waals surface area contributed by atoms with Gasteiger partial charge in [-0.05, 0) is 36.3 Å². The number of thiazole rings is 1. The van der Waals surface area contributed by atoms with Gasteiger partial charge in [0.15, 0.2) is 0 Å². The molecule has 10 nitrogen and oxygen atoms in total. The molecule has 39 heavy (non-hydrogen) atoms. The molecule has 5 rings (SSSR count). The van der Waals surface area contributed by atoms with E-state index in [2.05, 4.69) is 26.7 Å². The summed E-state index contributed by atoms with van der Waals surface area (Å²) >= 11 is 1.56. The second-order valence-corrected chi connectivity index (χ2v) is 12.5. The summed E-state index contributed by atoms with van der Waals surface area (Å²) in [5, 5.41) is 26.0. The fourth-order valence-corrected chi connectivity index (χ4v) is 5.95. The number of carbonyl (C=O) groups is 3. The monoisotopic (exact) mass is 548 g/mol. The number of nitrogens with one attached hydrogen (secondary N) is 2. The van der Waals surface area contributed by atoms with Gasteiger partial charge in [-0.15, -0.1) is 11.3 Å². The number of aromatic nitrogens is 1. The van der Waals surface area contributed by atoms with Crippen molar-refractivity contribution in [2.24, 2.45) is 15.8 Å². The van der Waals surface area contributed by atoms with Gasteiger partial charge in [-0.1, -0.05) is 45.0 Å². The molecule has 11 heteroatoms. The first-order chi connectivity index (χ1) is 18.4. The first kappa shape index (κ1) is 27.0. The Labute approximate surface area is 231 Å². The minimum Gasteiger partial charge on any atom is -0.391 e. The minimum absolute atomic E-state index is 0.0534. The summed E-state index contributed by atoms with van der Waals surface area (Å²) in [4.78, 5) is 50.7. The number of aliphatic imine (C=N–C) groups is 1. The van der Waals surface area contributed by atoms with Crippen LogP contribution in [0.3, 0.4) is 0 Å². The minimum atomic E-state index is -1.07. The Morgan fingerprint density at radius 3 is 2.54 bits per heavy atom. The molecule has 1 aromatic heterocycles. The number of likely N-dealkylation sites (tertiary alicyclic amines) is 1. The largest absolute Gasteiger partial charge is 0.391 e. The maximum atomic E-state index is 13.8. The van der Waals surface area contributed by atoms with Crippen LogP contribution in [0.25, 0.3) is 10.4 Å². The number of nitriles is 1. The van der Waals surface area contributed by atoms with E-state index in [1.165, 1.54) is 4.90 Å². The third-order valence-electron chi connectivity index (χ3n) is 7.69. The molecule has 3 aliphatic rings. The molecule has 2 unspecified atom stereocenters. The van der Waals surface area contributed by atoms with E-state index in [4.69, 9.17) is 0 Å². The van der Waals surface area contributed by atoms with Crippen molar-refractivity contribution in [1.82, 2.24) is 20.5 Å². The van der Waals surface area contributed by atoms with Crippen molar-refractivity contribution in [2.45, 2.75) is 71.2 Å². The van der Waals surface area contributed by atoms with Crippen LogP contribution in [-0.4, -0.2) is 63.3 Å². The molecule has 1 saturated carbocycles. The van der Waals surface area contributed by atoms with E-state index in [0.717, 1.165) is 21.7 Å². The molecule has 0 spiro atoms. The van der Waals surface area contributed by atoms with Gasteiger partial charge in [-0.25, -0.2) is 4.98 Å². The van der Waals surface area contributed by atoms with Crippen LogP contribution in [0.1, 0.15) is 57.3 Å². The van der Waals surface area contributed by atoms with Crippen LogP contribution in [-0.2, 0) is 14.4 Å². The van der Waals surface area contributed by atoms with Gasteiger partial charge in [-0.2, -0.15) is 10.3 Å². The summed E-state index contributed by atoms with van der Waals surface area (Å²) in [7, 11) is 0. The number of hydrogen-bond donors (Lipinski definition) is 3. The van der Waals surface area contributed by atoms with Gasteiger partial charge in [0.1, 0.15) is 23.3 Å². The number of hydrogen-bond acceptors (Lipinski definition) is 8. The van der Waals surface area contributed by atoms with Crippen LogP contribution in [0.2, 0.25) is 0 Å². The summed E-state index contributed by atoms with van der Waals surface area (Å²) < 4.78 is 0. The van der Waals surface area contributed by atoms with E-state index >= 15 is 0 Å². The lowest BCUT2D eigenvalue weighted by molar-refractivity contribution is -0.140. The van der Waals surface area contributed by atoms with Crippen LogP contribution in [0.4, 0.5) is 0 Å². The van der Waals surface area contributed by atoms with Crippen LogP contribution in [0.5, 0.6) is 0 Å². The Hall–Kier alpha value is -3.62. The zero-order valence-electron chi connectivity index (χ0n) is 22.4. The lowest BCUT2D eigenvalue weighted by atomic mass is 9.85. The van der Waals surface area contributed by atoms with E-state index in [0.29, 0.717) is 18.7 Å². The first-order valence-corrected chi connectivity index (χ1v) is 13.9. The highest BCUT2D eigenvalue weighted by Gasteiger charge is 2.53. The van der Waals surface area contributed by atoms with Crippen LogP contribution in [0.15, 0.2) is 34.8 Å². The van der Waals surface area contributed by atoms with Crippen molar-refractivity contribution < 1.29 is 19.5 Å². The van der Waals surface area contributed by atoms with Gasteiger partial charge in [0.05, 0.1) is 34.3 Å². The fourth-order valence-electron chi connectivity index (χ4n) is 5.14. The average Bonchev–Trinajstić information content (AvgIpc) is 3.18. The van der Waals surface area contributed by atoms with E-state index in [1.54, 1.807) is 16.8 Å². The van der Waals surface area contributed by atoms with Gasteiger partial charge in [-0.3, -0.25) is 14.4 Å². The van der Waals surface area contributed by atoms with Gasteiger partial charge in [0.2, 0.25) is 11.8 Å². The lowest BCUT2D eigenvalue weighted by Gasteiger charge is -2.36. The second-order valence-electron chi connectivity index (χ2n) is 11.7. The molecule has 204 valence electrons. The van der Waals surface area contributed by atoms with Crippen molar-refractivity contribution in [1.29, 1.82) is 5.26 Å². The number of rotatable bonds is 6. The molecule has 0 radical (unpaired) electrons. The van der Waals surface area contributed by atoms with Crippen molar-refractivity contribution in [3.63, 3.8) is 0 Å². The quantitative estimate of drug-likeness (QED) is 0.502. The van der Waals surface area contributed by atoms with Gasteiger partial charge >= 0.3 is 0 Å². The zero-order valence-corrected chi connectivity index (χ0v) is 23.2. The maximum absolute atomic E-state index is 13.8. The van der Waals surface area contributed by atoms with E-state index in [-0.39, 0.29) is 24.8 Å². The highest BCUT2D eigenvalue weighted by Crippen LogP contribution is 2.45. The summed E-state index contributed by atoms with van der Waals surface area (Å²) in [6, 6.07) is 7.46. The smallest absolute Gasteiger partial charge is 0.274 e. The summed E-state index contributed by atoms with van der Waals surface area (Å²) in [5.74, 6) is -0.869. The number of aliphatic hydroxyl groups excluding tert-OH is 1. The van der Waals surface area contributed by atoms with Gasteiger partial charge < -0.3 is 20.6 Å². The highest BCUT2D eigenvalue weighted by molar-refractivity contribution is 7.13. The Balaban J connectivity index is 1.33. The molecule has 1 saturated heterocycles. The molecule has 2 aromatic rings. The number of aryl methyl sites for hydroxylation is 1. The Kier molecular flexibility index (Phi) is 6.81. The summed E-state index contributed by atoms with van der Waals surface area (Å²) in [5.41, 5.74) is 2.78. The third-order valence-corrected chi connectivity index (χ3v) is 8.66. The topological polar surface area (TPSA) is 148 Å². The predicted octanol–water partition coefficient (Wildman–Crippen LogP) is 2.48. The molecule has 4 atom stereocenters. The number of carbonyl (C=O) groups excluding carboxylic acids is 3. The molecular formula is C28H32N6O4S. The highest BCUT2D eigenvalue weighted by atomic mass is 32.1. The van der Waals surface area contributed by atoms with Crippen molar-refractivity contribution >= 4 is 34.9 Å². The molecule has 1 aliphatic carbocycles. The molecule has 0 bridgehead atoms. The SMILES string of the molecule is Cc1ncsc1-c1ccc(C2NC([C@@H]3C[C@@H](O)CN3C(=O)C(NC(=O)C3(C#N)CC3)C(C)(C)C)=NC2=O)cc1. The summed E-state index contributed by atoms with van der Waals surface area (Å²) in [6.07, 6.45) is 0.361. The molecule has 3 heterocycles. The molecule has 1 aromatic carbocycles. The van der Waals surface area contributed by atoms with Crippen LogP contribution in [0, 0.1) is 29.1 Å². The second kappa shape index (κ2) is 9.84. The van der Waals surface area contributed by atoms with Crippen molar-refractivity contribution in [3.8, 4) is 16.5 Å². The zero-order chi connectivity index (χ0) is 28.1. The molecular weight excluding hydrogens is 516 g/mol. The lowest BCUT2D eigenvalue weighted by Crippen LogP contribution is -2.58. The maximum Gasteiger partial charge on any atom is 0.274 e. The van der Waals surface area contributed by atoms with Gasteiger partial charge in [0.25, 0.3) is 5.91 Å². The average molecular weight is 549 g/mol. The first-order valence-electron chi connectivity index (χ1n) is 13.0. The van der Waals surface area contributed by atoms with Crippen molar-refractivity contribution in [3.05, 3.63) is 41.0 Å². The number of nitrogens with zero attached hydrogens (tertiary/aromatic N) is 4. The number of aliphatic hydroxyl groups is 1. The summed E-state index contributed by atoms with van der Waals surface area (Å²) in [6.45, 7) is 7.52. The molecule has 2 aliphatic heterocycles. The molecule has 3 N–H and O–H groups in total. The van der Waals surface area contributed by atoms with E-state index in [9.17, 15) is 24.8 Å². The molecule has 3 amide bonds. The van der Waals surface area contributed by atoms with Crippen LogP contribution >= 0.6 is 11.3 Å². The number of β-amino-alcohol motifs (C(OH)–C–C–N with tert-alkyl or cyclic N) is 1. The number of amidine groups is 1. The predicted molar refractivity (Wildman–Crippen MR) is 145 cm³/mol. The standard InChI is InChI=1S/C28H32N6O4S/c1-15-21(39-14-30-15)17-7-5-16(6-8-17)20-24(36)33-23(31-20)19-11-18(35)12-34(19)25(37)22(27(2,3)4)32-26(38)28(13-29)9-10-28/h5-8,14,18-20,22,35H,9-12H2,1-4H3,(H,32,38)(H,31,33,36)/t18-,19+,20?,22?/m1/s1. The fraction of sp³-hybridized carbons (Fsp3) is 0.500. The van der Waals surface area contributed by atoms with E-state index < -0.39 is 41.0 Å². The third kappa shape index (κ3) is 5.06. The number of benzene rings is 1. The normalized spacial score (nSPS) is 24.5. The van der Waals surface area contributed by atoms with Crippen molar-refractivity contribution in [2.75, 3.05) is 6.54 Å². The Bertz CT molecular complexity index is 1380. The van der Waals surface area contributed by atoms with Gasteiger partial charge in [0, 0.05) is 13.0 Å².